The summed E-state index contributed by atoms with van der Waals surface area (Å²) in [6.07, 6.45) is 0. The Hall–Kier alpha value is -2.30. The third kappa shape index (κ3) is 2.31. The Bertz CT molecular complexity index is 612. The van der Waals surface area contributed by atoms with Crippen LogP contribution in [0.4, 0.5) is 8.78 Å². The first-order valence-corrected chi connectivity index (χ1v) is 5.48. The molecule has 0 aliphatic heterocycles. The molecule has 19 heavy (non-hydrogen) atoms. The summed E-state index contributed by atoms with van der Waals surface area (Å²) >= 11 is 0. The van der Waals surface area contributed by atoms with Gasteiger partial charge in [0.1, 0.15) is 0 Å². The van der Waals surface area contributed by atoms with Gasteiger partial charge in [0.05, 0.1) is 14.2 Å². The third-order valence-electron chi connectivity index (χ3n) is 2.76. The lowest BCUT2D eigenvalue weighted by molar-refractivity contribution is 0.355. The second-order valence-electron chi connectivity index (χ2n) is 3.83. The van der Waals surface area contributed by atoms with Gasteiger partial charge in [0.25, 0.3) is 0 Å². The molecule has 0 fully saturated rings. The molecule has 0 saturated heterocycles. The first-order valence-electron chi connectivity index (χ1n) is 5.48. The zero-order valence-electron chi connectivity index (χ0n) is 10.4. The Morgan fingerprint density at radius 1 is 0.895 bits per heavy atom. The van der Waals surface area contributed by atoms with Crippen LogP contribution in [-0.4, -0.2) is 19.3 Å². The minimum atomic E-state index is -1.27. The van der Waals surface area contributed by atoms with Gasteiger partial charge in [-0.25, -0.2) is 4.39 Å². The Morgan fingerprint density at radius 2 is 1.58 bits per heavy atom. The number of halogens is 2. The molecule has 100 valence electrons. The minimum absolute atomic E-state index is 0.0382. The molecule has 0 heterocycles. The van der Waals surface area contributed by atoms with Gasteiger partial charge in [-0.05, 0) is 29.8 Å². The molecule has 0 saturated carbocycles. The Labute approximate surface area is 109 Å². The van der Waals surface area contributed by atoms with Crippen molar-refractivity contribution in [3.63, 3.8) is 0 Å². The predicted molar refractivity (Wildman–Crippen MR) is 66.6 cm³/mol. The molecular formula is C14H12F2O3. The molecule has 0 spiro atoms. The Morgan fingerprint density at radius 3 is 2.21 bits per heavy atom. The first kappa shape index (κ1) is 13.1. The van der Waals surface area contributed by atoms with Crippen molar-refractivity contribution in [1.29, 1.82) is 0 Å². The van der Waals surface area contributed by atoms with E-state index in [2.05, 4.69) is 0 Å². The van der Waals surface area contributed by atoms with Crippen molar-refractivity contribution in [3.8, 4) is 28.4 Å². The molecule has 3 nitrogen and oxygen atoms in total. The van der Waals surface area contributed by atoms with E-state index in [4.69, 9.17) is 14.6 Å². The van der Waals surface area contributed by atoms with Crippen molar-refractivity contribution in [2.24, 2.45) is 0 Å². The van der Waals surface area contributed by atoms with Gasteiger partial charge in [0.15, 0.2) is 23.1 Å². The van der Waals surface area contributed by atoms with Crippen LogP contribution >= 0.6 is 0 Å². The predicted octanol–water partition coefficient (Wildman–Crippen LogP) is 3.35. The summed E-state index contributed by atoms with van der Waals surface area (Å²) in [5, 5.41) is 9.09. The zero-order chi connectivity index (χ0) is 14.0. The fraction of sp³-hybridized carbons (Fsp3) is 0.143. The van der Waals surface area contributed by atoms with Crippen LogP contribution in [0.1, 0.15) is 0 Å². The van der Waals surface area contributed by atoms with Gasteiger partial charge in [-0.1, -0.05) is 6.07 Å². The number of rotatable bonds is 3. The zero-order valence-corrected chi connectivity index (χ0v) is 10.4. The average Bonchev–Trinajstić information content (AvgIpc) is 2.44. The molecule has 1 N–H and O–H groups in total. The van der Waals surface area contributed by atoms with Crippen molar-refractivity contribution >= 4 is 0 Å². The summed E-state index contributed by atoms with van der Waals surface area (Å²) in [6.45, 7) is 0. The van der Waals surface area contributed by atoms with Crippen LogP contribution in [0.2, 0.25) is 0 Å². The van der Waals surface area contributed by atoms with E-state index in [1.54, 1.807) is 12.1 Å². The van der Waals surface area contributed by atoms with Crippen LogP contribution in [0.25, 0.3) is 11.1 Å². The summed E-state index contributed by atoms with van der Waals surface area (Å²) in [6, 6.07) is 7.11. The van der Waals surface area contributed by atoms with E-state index in [-0.39, 0.29) is 5.56 Å². The Balaban J connectivity index is 2.56. The summed E-state index contributed by atoms with van der Waals surface area (Å²) in [5.74, 6) is -2.19. The van der Waals surface area contributed by atoms with E-state index < -0.39 is 17.4 Å². The second-order valence-corrected chi connectivity index (χ2v) is 3.83. The number of phenolic OH excluding ortho intramolecular Hbond substituents is 1. The first-order chi connectivity index (χ1) is 9.08. The summed E-state index contributed by atoms with van der Waals surface area (Å²) in [4.78, 5) is 0. The lowest BCUT2D eigenvalue weighted by atomic mass is 10.0. The maximum Gasteiger partial charge on any atom is 0.200 e. The number of hydrogen-bond acceptors (Lipinski definition) is 3. The highest BCUT2D eigenvalue weighted by Gasteiger charge is 2.15. The van der Waals surface area contributed by atoms with Gasteiger partial charge < -0.3 is 14.6 Å². The highest BCUT2D eigenvalue weighted by atomic mass is 19.2. The van der Waals surface area contributed by atoms with E-state index in [0.717, 1.165) is 6.07 Å². The monoisotopic (exact) mass is 266 g/mol. The fourth-order valence-electron chi connectivity index (χ4n) is 1.77. The molecule has 5 heteroatoms. The lowest BCUT2D eigenvalue weighted by Crippen LogP contribution is -1.93. The third-order valence-corrected chi connectivity index (χ3v) is 2.76. The maximum absolute atomic E-state index is 13.8. The van der Waals surface area contributed by atoms with Crippen molar-refractivity contribution in [2.75, 3.05) is 14.2 Å². The van der Waals surface area contributed by atoms with Crippen LogP contribution in [0.3, 0.4) is 0 Å². The van der Waals surface area contributed by atoms with Crippen molar-refractivity contribution in [3.05, 3.63) is 42.0 Å². The SMILES string of the molecule is COc1ccc(-c2ccc(O)c(F)c2F)cc1OC. The molecule has 0 unspecified atom stereocenters. The van der Waals surface area contributed by atoms with E-state index in [1.807, 2.05) is 0 Å². The fourth-order valence-corrected chi connectivity index (χ4v) is 1.77. The molecule has 2 aromatic rings. The quantitative estimate of drug-likeness (QED) is 0.925. The van der Waals surface area contributed by atoms with Gasteiger partial charge >= 0.3 is 0 Å². The van der Waals surface area contributed by atoms with E-state index in [9.17, 15) is 8.78 Å². The summed E-state index contributed by atoms with van der Waals surface area (Å²) in [7, 11) is 2.94. The highest BCUT2D eigenvalue weighted by Crippen LogP contribution is 2.35. The molecule has 0 bridgehead atoms. The molecule has 0 atom stereocenters. The molecule has 2 aromatic carbocycles. The van der Waals surface area contributed by atoms with E-state index >= 15 is 0 Å². The van der Waals surface area contributed by atoms with Gasteiger partial charge in [-0.15, -0.1) is 0 Å². The smallest absolute Gasteiger partial charge is 0.200 e. The van der Waals surface area contributed by atoms with Crippen LogP contribution in [0.15, 0.2) is 30.3 Å². The van der Waals surface area contributed by atoms with Crippen molar-refractivity contribution < 1.29 is 23.4 Å². The molecule has 0 radical (unpaired) electrons. The number of benzene rings is 2. The van der Waals surface area contributed by atoms with E-state index in [0.29, 0.717) is 17.1 Å². The molecule has 2 rings (SSSR count). The van der Waals surface area contributed by atoms with Crippen LogP contribution in [-0.2, 0) is 0 Å². The summed E-state index contributed by atoms with van der Waals surface area (Å²) in [5.41, 5.74) is 0.463. The molecular weight excluding hydrogens is 254 g/mol. The number of aromatic hydroxyl groups is 1. The molecule has 0 aliphatic rings. The van der Waals surface area contributed by atoms with Gasteiger partial charge in [0.2, 0.25) is 5.82 Å². The number of hydrogen-bond donors (Lipinski definition) is 1. The van der Waals surface area contributed by atoms with Crippen molar-refractivity contribution in [1.82, 2.24) is 0 Å². The van der Waals surface area contributed by atoms with Crippen LogP contribution in [0.5, 0.6) is 17.2 Å². The highest BCUT2D eigenvalue weighted by molar-refractivity contribution is 5.68. The van der Waals surface area contributed by atoms with Crippen LogP contribution < -0.4 is 9.47 Å². The van der Waals surface area contributed by atoms with Crippen LogP contribution in [0, 0.1) is 11.6 Å². The molecule has 0 aliphatic carbocycles. The van der Waals surface area contributed by atoms with E-state index in [1.165, 1.54) is 26.4 Å². The standard InChI is InChI=1S/C14H12F2O3/c1-18-11-6-3-8(7-12(11)19-2)9-4-5-10(17)14(16)13(9)15/h3-7,17H,1-2H3. The van der Waals surface area contributed by atoms with Gasteiger partial charge in [0, 0.05) is 5.56 Å². The average molecular weight is 266 g/mol. The van der Waals surface area contributed by atoms with Crippen molar-refractivity contribution in [2.45, 2.75) is 0 Å². The largest absolute Gasteiger partial charge is 0.505 e. The number of ether oxygens (including phenoxy) is 2. The Kier molecular flexibility index (Phi) is 3.55. The number of methoxy groups -OCH3 is 2. The second kappa shape index (κ2) is 5.14. The molecule has 0 aromatic heterocycles. The topological polar surface area (TPSA) is 38.7 Å². The minimum Gasteiger partial charge on any atom is -0.505 e. The van der Waals surface area contributed by atoms with Gasteiger partial charge in [-0.3, -0.25) is 0 Å². The lowest BCUT2D eigenvalue weighted by Gasteiger charge is -2.10. The molecule has 0 amide bonds. The van der Waals surface area contributed by atoms with Gasteiger partial charge in [-0.2, -0.15) is 4.39 Å². The maximum atomic E-state index is 13.8. The summed E-state index contributed by atoms with van der Waals surface area (Å²) < 4.78 is 37.3. The normalized spacial score (nSPS) is 10.3. The number of phenols is 1.